The summed E-state index contributed by atoms with van der Waals surface area (Å²) in [5, 5.41) is 0. The summed E-state index contributed by atoms with van der Waals surface area (Å²) in [6.45, 7) is 5.42. The number of hydrogen-bond acceptors (Lipinski definition) is 2. The molecule has 1 atom stereocenters. The largest absolute Gasteiger partial charge is 0.453 e. The second-order valence-electron chi connectivity index (χ2n) is 4.39. The van der Waals surface area contributed by atoms with Crippen molar-refractivity contribution in [2.24, 2.45) is 0 Å². The van der Waals surface area contributed by atoms with Gasteiger partial charge in [0, 0.05) is 5.92 Å². The van der Waals surface area contributed by atoms with Crippen LogP contribution in [0.3, 0.4) is 0 Å². The van der Waals surface area contributed by atoms with E-state index >= 15 is 0 Å². The molecule has 0 aliphatic heterocycles. The molecular formula is C16H12O2. The van der Waals surface area contributed by atoms with E-state index in [9.17, 15) is 4.79 Å². The molecular weight excluding hydrogens is 224 g/mol. The molecule has 0 fully saturated rings. The van der Waals surface area contributed by atoms with Crippen molar-refractivity contribution in [3.63, 3.8) is 0 Å². The van der Waals surface area contributed by atoms with E-state index in [4.69, 9.17) is 4.74 Å². The molecule has 0 bridgehead atoms. The molecule has 0 amide bonds. The Labute approximate surface area is 106 Å². The molecule has 2 heteroatoms. The number of ether oxygens (including phenoxy) is 1. The fourth-order valence-electron chi connectivity index (χ4n) is 2.72. The van der Waals surface area contributed by atoms with Crippen LogP contribution in [0.4, 0.5) is 0 Å². The molecule has 0 spiro atoms. The van der Waals surface area contributed by atoms with Crippen molar-refractivity contribution in [3.05, 3.63) is 66.6 Å². The molecule has 1 aliphatic rings. The lowest BCUT2D eigenvalue weighted by molar-refractivity contribution is 0.201. The summed E-state index contributed by atoms with van der Waals surface area (Å²) in [7, 11) is 0. The third-order valence-electron chi connectivity index (χ3n) is 3.45. The summed E-state index contributed by atoms with van der Waals surface area (Å²) in [6.07, 6.45) is -0.452. The zero-order valence-electron chi connectivity index (χ0n) is 9.80. The lowest BCUT2D eigenvalue weighted by atomic mass is 9.92. The average molecular weight is 236 g/mol. The highest BCUT2D eigenvalue weighted by molar-refractivity contribution is 5.79. The Morgan fingerprint density at radius 2 is 1.50 bits per heavy atom. The quantitative estimate of drug-likeness (QED) is 0.818. The van der Waals surface area contributed by atoms with Gasteiger partial charge in [0.25, 0.3) is 0 Å². The molecule has 0 saturated carbocycles. The zero-order chi connectivity index (χ0) is 12.5. The molecule has 2 nitrogen and oxygen atoms in total. The predicted octanol–water partition coefficient (Wildman–Crippen LogP) is 3.09. The molecule has 0 heterocycles. The van der Waals surface area contributed by atoms with E-state index in [2.05, 4.69) is 31.2 Å². The van der Waals surface area contributed by atoms with Gasteiger partial charge in [-0.2, -0.15) is 0 Å². The topological polar surface area (TPSA) is 26.3 Å². The second-order valence-corrected chi connectivity index (χ2v) is 4.39. The van der Waals surface area contributed by atoms with E-state index in [0.717, 1.165) is 11.1 Å². The fraction of sp³-hybridized carbons (Fsp3) is 0.125. The Kier molecular flexibility index (Phi) is 2.63. The third-order valence-corrected chi connectivity index (χ3v) is 3.45. The van der Waals surface area contributed by atoms with Crippen molar-refractivity contribution in [1.29, 1.82) is 0 Å². The first-order valence-electron chi connectivity index (χ1n) is 5.87. The summed E-state index contributed by atoms with van der Waals surface area (Å²) in [6, 6.07) is 16.3. The normalized spacial score (nSPS) is 14.7. The fourth-order valence-corrected chi connectivity index (χ4v) is 2.72. The van der Waals surface area contributed by atoms with Crippen molar-refractivity contribution < 1.29 is 9.53 Å². The summed E-state index contributed by atoms with van der Waals surface area (Å²) < 4.78 is 4.92. The van der Waals surface area contributed by atoms with Gasteiger partial charge in [0.15, 0.2) is 0 Å². The Bertz CT molecular complexity index is 544. The zero-order valence-corrected chi connectivity index (χ0v) is 9.80. The molecule has 88 valence electrons. The number of hydrogen-bond donors (Lipinski definition) is 0. The van der Waals surface area contributed by atoms with E-state index in [1.165, 1.54) is 17.6 Å². The van der Waals surface area contributed by atoms with Crippen LogP contribution in [-0.4, -0.2) is 12.6 Å². The lowest BCUT2D eigenvalue weighted by Gasteiger charge is -2.19. The van der Waals surface area contributed by atoms with Crippen LogP contribution in [0.2, 0.25) is 0 Å². The van der Waals surface area contributed by atoms with E-state index in [1.54, 1.807) is 0 Å². The Balaban J connectivity index is 2.17. The van der Waals surface area contributed by atoms with Crippen molar-refractivity contribution in [1.82, 2.24) is 0 Å². The SMILES string of the molecule is [CH2]C(O[C]=O)C1c2ccccc2-c2ccccc21. The first kappa shape index (κ1) is 11.0. The highest BCUT2D eigenvalue weighted by Crippen LogP contribution is 2.46. The molecule has 2 radical (unpaired) electrons. The molecule has 0 saturated heterocycles. The van der Waals surface area contributed by atoms with Crippen LogP contribution in [0, 0.1) is 6.92 Å². The number of rotatable bonds is 3. The van der Waals surface area contributed by atoms with Crippen LogP contribution < -0.4 is 0 Å². The van der Waals surface area contributed by atoms with Crippen LogP contribution in [0.1, 0.15) is 17.0 Å². The van der Waals surface area contributed by atoms with Crippen molar-refractivity contribution in [2.75, 3.05) is 0 Å². The molecule has 1 aliphatic carbocycles. The maximum absolute atomic E-state index is 10.4. The van der Waals surface area contributed by atoms with Gasteiger partial charge in [0.1, 0.15) is 6.10 Å². The molecule has 2 aromatic carbocycles. The standard InChI is InChI=1S/C16H12O2/c1-11(18-10-17)16-14-8-4-2-6-12(14)13-7-3-5-9-15(13)16/h2-9,11,16H,1H2. The lowest BCUT2D eigenvalue weighted by Crippen LogP contribution is -2.18. The average Bonchev–Trinajstić information content (AvgIpc) is 2.73. The van der Waals surface area contributed by atoms with Gasteiger partial charge in [-0.25, -0.2) is 4.79 Å². The van der Waals surface area contributed by atoms with Crippen LogP contribution in [0.5, 0.6) is 0 Å². The maximum atomic E-state index is 10.4. The monoisotopic (exact) mass is 236 g/mol. The van der Waals surface area contributed by atoms with Gasteiger partial charge in [0.2, 0.25) is 0 Å². The number of fused-ring (bicyclic) bond motifs is 3. The Hall–Kier alpha value is -2.09. The molecule has 0 N–H and O–H groups in total. The van der Waals surface area contributed by atoms with Crippen molar-refractivity contribution in [3.8, 4) is 11.1 Å². The Morgan fingerprint density at radius 3 is 2.00 bits per heavy atom. The molecule has 3 rings (SSSR count). The highest BCUT2D eigenvalue weighted by Gasteiger charge is 2.32. The minimum atomic E-state index is -0.452. The number of carbonyl (C=O) groups excluding carboxylic acids is 1. The first-order valence-corrected chi connectivity index (χ1v) is 5.87. The Morgan fingerprint density at radius 1 is 1.00 bits per heavy atom. The smallest absolute Gasteiger partial charge is 0.417 e. The van der Waals surface area contributed by atoms with E-state index in [1.807, 2.05) is 24.3 Å². The summed E-state index contributed by atoms with van der Waals surface area (Å²) in [4.78, 5) is 10.4. The number of benzene rings is 2. The molecule has 2 aromatic rings. The van der Waals surface area contributed by atoms with Gasteiger partial charge in [-0.15, -0.1) is 0 Å². The summed E-state index contributed by atoms with van der Waals surface area (Å²) in [5.41, 5.74) is 4.71. The van der Waals surface area contributed by atoms with Gasteiger partial charge < -0.3 is 4.74 Å². The molecule has 0 aromatic heterocycles. The van der Waals surface area contributed by atoms with Gasteiger partial charge >= 0.3 is 6.47 Å². The highest BCUT2D eigenvalue weighted by atomic mass is 16.5. The molecule has 18 heavy (non-hydrogen) atoms. The van der Waals surface area contributed by atoms with Gasteiger partial charge in [-0.3, -0.25) is 0 Å². The van der Waals surface area contributed by atoms with Crippen molar-refractivity contribution >= 4 is 6.47 Å². The summed E-state index contributed by atoms with van der Waals surface area (Å²) in [5.74, 6) is -0.00106. The predicted molar refractivity (Wildman–Crippen MR) is 69.6 cm³/mol. The van der Waals surface area contributed by atoms with Crippen LogP contribution in [-0.2, 0) is 9.53 Å². The molecule has 1 unspecified atom stereocenters. The third kappa shape index (κ3) is 1.53. The van der Waals surface area contributed by atoms with Gasteiger partial charge in [-0.1, -0.05) is 48.5 Å². The van der Waals surface area contributed by atoms with Crippen LogP contribution in [0.15, 0.2) is 48.5 Å². The summed E-state index contributed by atoms with van der Waals surface area (Å²) >= 11 is 0. The van der Waals surface area contributed by atoms with Crippen LogP contribution >= 0.6 is 0 Å². The van der Waals surface area contributed by atoms with Gasteiger partial charge in [-0.05, 0) is 29.2 Å². The van der Waals surface area contributed by atoms with E-state index < -0.39 is 6.10 Å². The van der Waals surface area contributed by atoms with Crippen molar-refractivity contribution in [2.45, 2.75) is 12.0 Å². The van der Waals surface area contributed by atoms with E-state index in [-0.39, 0.29) is 5.92 Å². The van der Waals surface area contributed by atoms with Gasteiger partial charge in [0.05, 0.1) is 0 Å². The first-order chi connectivity index (χ1) is 8.83. The maximum Gasteiger partial charge on any atom is 0.417 e. The van der Waals surface area contributed by atoms with Crippen LogP contribution in [0.25, 0.3) is 11.1 Å². The minimum absolute atomic E-state index is 0.00106. The van der Waals surface area contributed by atoms with E-state index in [0.29, 0.717) is 0 Å². The minimum Gasteiger partial charge on any atom is -0.453 e. The second kappa shape index (κ2) is 4.30.